The molecule has 0 aliphatic carbocycles. The van der Waals surface area contributed by atoms with Crippen LogP contribution in [-0.4, -0.2) is 44.1 Å². The first kappa shape index (κ1) is 22.0. The zero-order chi connectivity index (χ0) is 21.1. The van der Waals surface area contributed by atoms with Crippen LogP contribution in [0.2, 0.25) is 0 Å². The van der Waals surface area contributed by atoms with Gasteiger partial charge in [-0.2, -0.15) is 0 Å². The summed E-state index contributed by atoms with van der Waals surface area (Å²) < 4.78 is 15.5. The SMILES string of the molecule is CCOC(=O)CCN(Cc1ccccc1)C(=O)/C=C/c1ccc(OC)c(OC)c1. The monoisotopic (exact) mass is 397 g/mol. The minimum Gasteiger partial charge on any atom is -0.493 e. The average Bonchev–Trinajstić information content (AvgIpc) is 2.75. The van der Waals surface area contributed by atoms with Crippen molar-refractivity contribution in [1.29, 1.82) is 0 Å². The van der Waals surface area contributed by atoms with E-state index in [1.54, 1.807) is 44.3 Å². The van der Waals surface area contributed by atoms with E-state index in [-0.39, 0.29) is 24.8 Å². The van der Waals surface area contributed by atoms with E-state index in [0.29, 0.717) is 24.7 Å². The van der Waals surface area contributed by atoms with Crippen molar-refractivity contribution in [3.05, 3.63) is 65.7 Å². The molecule has 2 aromatic carbocycles. The lowest BCUT2D eigenvalue weighted by molar-refractivity contribution is -0.143. The molecule has 2 aromatic rings. The summed E-state index contributed by atoms with van der Waals surface area (Å²) in [6, 6.07) is 15.1. The molecule has 154 valence electrons. The van der Waals surface area contributed by atoms with E-state index in [1.165, 1.54) is 6.08 Å². The molecule has 1 amide bonds. The van der Waals surface area contributed by atoms with Gasteiger partial charge in [-0.05, 0) is 36.3 Å². The Morgan fingerprint density at radius 2 is 1.72 bits per heavy atom. The van der Waals surface area contributed by atoms with Crippen molar-refractivity contribution in [2.24, 2.45) is 0 Å². The number of rotatable bonds is 10. The van der Waals surface area contributed by atoms with Crippen LogP contribution in [0, 0.1) is 0 Å². The van der Waals surface area contributed by atoms with Gasteiger partial charge in [-0.3, -0.25) is 9.59 Å². The van der Waals surface area contributed by atoms with Crippen molar-refractivity contribution >= 4 is 18.0 Å². The third-order valence-electron chi connectivity index (χ3n) is 4.25. The summed E-state index contributed by atoms with van der Waals surface area (Å²) >= 11 is 0. The van der Waals surface area contributed by atoms with Crippen LogP contribution in [0.5, 0.6) is 11.5 Å². The number of methoxy groups -OCH3 is 2. The molecule has 0 saturated heterocycles. The standard InChI is InChI=1S/C23H27NO5/c1-4-29-23(26)14-15-24(17-19-8-6-5-7-9-19)22(25)13-11-18-10-12-20(27-2)21(16-18)28-3/h5-13,16H,4,14-15,17H2,1-3H3/b13-11+. The molecule has 0 bridgehead atoms. The number of esters is 1. The zero-order valence-corrected chi connectivity index (χ0v) is 17.1. The molecule has 0 saturated carbocycles. The van der Waals surface area contributed by atoms with Gasteiger partial charge >= 0.3 is 5.97 Å². The van der Waals surface area contributed by atoms with E-state index in [4.69, 9.17) is 14.2 Å². The van der Waals surface area contributed by atoms with Gasteiger partial charge in [-0.15, -0.1) is 0 Å². The first-order chi connectivity index (χ1) is 14.1. The first-order valence-corrected chi connectivity index (χ1v) is 9.46. The molecular weight excluding hydrogens is 370 g/mol. The van der Waals surface area contributed by atoms with Crippen LogP contribution in [-0.2, 0) is 20.9 Å². The van der Waals surface area contributed by atoms with Gasteiger partial charge in [-0.25, -0.2) is 0 Å². The Morgan fingerprint density at radius 1 is 1.00 bits per heavy atom. The molecule has 6 heteroatoms. The van der Waals surface area contributed by atoms with Gasteiger partial charge < -0.3 is 19.1 Å². The summed E-state index contributed by atoms with van der Waals surface area (Å²) in [4.78, 5) is 26.2. The van der Waals surface area contributed by atoms with Crippen molar-refractivity contribution in [2.45, 2.75) is 19.9 Å². The first-order valence-electron chi connectivity index (χ1n) is 9.46. The molecule has 0 spiro atoms. The molecule has 2 rings (SSSR count). The van der Waals surface area contributed by atoms with E-state index < -0.39 is 0 Å². The van der Waals surface area contributed by atoms with Crippen LogP contribution in [0.25, 0.3) is 6.08 Å². The maximum Gasteiger partial charge on any atom is 0.307 e. The van der Waals surface area contributed by atoms with E-state index in [2.05, 4.69) is 0 Å². The van der Waals surface area contributed by atoms with E-state index in [0.717, 1.165) is 11.1 Å². The smallest absolute Gasteiger partial charge is 0.307 e. The Hall–Kier alpha value is -3.28. The molecule has 0 aromatic heterocycles. The van der Waals surface area contributed by atoms with Gasteiger partial charge in [0.1, 0.15) is 0 Å². The topological polar surface area (TPSA) is 65.1 Å². The molecule has 0 radical (unpaired) electrons. The number of hydrogen-bond acceptors (Lipinski definition) is 5. The van der Waals surface area contributed by atoms with Gasteiger partial charge in [-0.1, -0.05) is 36.4 Å². The fourth-order valence-electron chi connectivity index (χ4n) is 2.76. The minimum atomic E-state index is -0.317. The minimum absolute atomic E-state index is 0.149. The van der Waals surface area contributed by atoms with Crippen LogP contribution < -0.4 is 9.47 Å². The van der Waals surface area contributed by atoms with Crippen LogP contribution in [0.3, 0.4) is 0 Å². The summed E-state index contributed by atoms with van der Waals surface area (Å²) in [6.45, 7) is 2.78. The highest BCUT2D eigenvalue weighted by Gasteiger charge is 2.14. The molecule has 0 fully saturated rings. The highest BCUT2D eigenvalue weighted by Crippen LogP contribution is 2.28. The molecule has 6 nitrogen and oxygen atoms in total. The normalized spacial score (nSPS) is 10.6. The summed E-state index contributed by atoms with van der Waals surface area (Å²) in [6.07, 6.45) is 3.36. The Balaban J connectivity index is 2.12. The number of benzene rings is 2. The largest absolute Gasteiger partial charge is 0.493 e. The van der Waals surface area contributed by atoms with Gasteiger partial charge in [0.05, 0.1) is 27.2 Å². The van der Waals surface area contributed by atoms with Crippen LogP contribution >= 0.6 is 0 Å². The highest BCUT2D eigenvalue weighted by atomic mass is 16.5. The van der Waals surface area contributed by atoms with Crippen molar-refractivity contribution in [2.75, 3.05) is 27.4 Å². The maximum atomic E-state index is 12.8. The highest BCUT2D eigenvalue weighted by molar-refractivity contribution is 5.92. The summed E-state index contributed by atoms with van der Waals surface area (Å²) in [7, 11) is 3.13. The maximum absolute atomic E-state index is 12.8. The average molecular weight is 397 g/mol. The van der Waals surface area contributed by atoms with Crippen molar-refractivity contribution < 1.29 is 23.8 Å². The van der Waals surface area contributed by atoms with Gasteiger partial charge in [0.15, 0.2) is 11.5 Å². The lowest BCUT2D eigenvalue weighted by Crippen LogP contribution is -2.31. The number of ether oxygens (including phenoxy) is 3. The fraction of sp³-hybridized carbons (Fsp3) is 0.304. The third-order valence-corrected chi connectivity index (χ3v) is 4.25. The second kappa shape index (κ2) is 11.5. The Bertz CT molecular complexity index is 832. The number of carbonyl (C=O) groups is 2. The Labute approximate surface area is 171 Å². The molecule has 0 N–H and O–H groups in total. The Kier molecular flexibility index (Phi) is 8.76. The van der Waals surface area contributed by atoms with Crippen LogP contribution in [0.1, 0.15) is 24.5 Å². The molecule has 0 aliphatic heterocycles. The van der Waals surface area contributed by atoms with Crippen molar-refractivity contribution in [3.63, 3.8) is 0 Å². The van der Waals surface area contributed by atoms with E-state index in [1.807, 2.05) is 36.4 Å². The molecule has 0 unspecified atom stereocenters. The number of nitrogens with zero attached hydrogens (tertiary/aromatic N) is 1. The summed E-state index contributed by atoms with van der Waals surface area (Å²) in [5.74, 6) is 0.705. The third kappa shape index (κ3) is 6.99. The van der Waals surface area contributed by atoms with Crippen LogP contribution in [0.4, 0.5) is 0 Å². The predicted molar refractivity (Wildman–Crippen MR) is 112 cm³/mol. The van der Waals surface area contributed by atoms with Gasteiger partial charge in [0.25, 0.3) is 0 Å². The second-order valence-corrected chi connectivity index (χ2v) is 6.25. The number of carbonyl (C=O) groups excluding carboxylic acids is 2. The fourth-order valence-corrected chi connectivity index (χ4v) is 2.76. The van der Waals surface area contributed by atoms with E-state index >= 15 is 0 Å². The van der Waals surface area contributed by atoms with Gasteiger partial charge in [0.2, 0.25) is 5.91 Å². The number of hydrogen-bond donors (Lipinski definition) is 0. The lowest BCUT2D eigenvalue weighted by Gasteiger charge is -2.21. The molecule has 29 heavy (non-hydrogen) atoms. The van der Waals surface area contributed by atoms with Crippen LogP contribution in [0.15, 0.2) is 54.6 Å². The van der Waals surface area contributed by atoms with E-state index in [9.17, 15) is 9.59 Å². The molecular formula is C23H27NO5. The van der Waals surface area contributed by atoms with Crippen molar-refractivity contribution in [1.82, 2.24) is 4.90 Å². The van der Waals surface area contributed by atoms with Crippen molar-refractivity contribution in [3.8, 4) is 11.5 Å². The second-order valence-electron chi connectivity index (χ2n) is 6.25. The summed E-state index contributed by atoms with van der Waals surface area (Å²) in [5, 5.41) is 0. The quantitative estimate of drug-likeness (QED) is 0.452. The number of amides is 1. The summed E-state index contributed by atoms with van der Waals surface area (Å²) in [5.41, 5.74) is 1.80. The molecule has 0 heterocycles. The Morgan fingerprint density at radius 3 is 2.38 bits per heavy atom. The molecule has 0 aliphatic rings. The zero-order valence-electron chi connectivity index (χ0n) is 17.1. The van der Waals surface area contributed by atoms with Gasteiger partial charge in [0, 0.05) is 19.2 Å². The lowest BCUT2D eigenvalue weighted by atomic mass is 10.1. The predicted octanol–water partition coefficient (Wildman–Crippen LogP) is 3.70. The molecule has 0 atom stereocenters.